The van der Waals surface area contributed by atoms with E-state index < -0.39 is 5.82 Å². The highest BCUT2D eigenvalue weighted by atomic mass is 32.2. The molecule has 1 aliphatic heterocycles. The fraction of sp³-hybridized carbons (Fsp3) is 0.448. The lowest BCUT2D eigenvalue weighted by Crippen LogP contribution is -2.33. The van der Waals surface area contributed by atoms with Crippen LogP contribution in [0.5, 0.6) is 5.75 Å². The molecular weight excluding hydrogens is 519 g/mol. The maximum absolute atomic E-state index is 12.8. The summed E-state index contributed by atoms with van der Waals surface area (Å²) in [5, 5.41) is 28.7. The summed E-state index contributed by atoms with van der Waals surface area (Å²) in [5.41, 5.74) is 6.46. The molecule has 0 spiro atoms. The predicted molar refractivity (Wildman–Crippen MR) is 155 cm³/mol. The number of anilines is 1. The number of ether oxygens (including phenoxy) is 1. The van der Waals surface area contributed by atoms with Crippen LogP contribution >= 0.6 is 11.9 Å². The summed E-state index contributed by atoms with van der Waals surface area (Å²) < 4.78 is 18.7. The van der Waals surface area contributed by atoms with Crippen LogP contribution in [-0.4, -0.2) is 51.3 Å². The molecule has 0 unspecified atom stereocenters. The Kier molecular flexibility index (Phi) is 16.6. The number of terminal acetylenes is 1. The Balaban J connectivity index is 0.000000322. The average molecular weight is 561 g/mol. The number of hydrogen-bond acceptors (Lipinski definition) is 9. The van der Waals surface area contributed by atoms with Gasteiger partial charge < -0.3 is 21.0 Å². The molecule has 1 atom stereocenters. The summed E-state index contributed by atoms with van der Waals surface area (Å²) in [6.45, 7) is 6.01. The zero-order valence-electron chi connectivity index (χ0n) is 22.8. The first-order chi connectivity index (χ1) is 18.7. The molecule has 8 nitrogen and oxygen atoms in total. The molecule has 0 radical (unpaired) electrons. The fourth-order valence-electron chi connectivity index (χ4n) is 3.38. The Labute approximate surface area is 235 Å². The molecular formula is C29H41FN4O4S. The van der Waals surface area contributed by atoms with Crippen LogP contribution in [0.3, 0.4) is 0 Å². The van der Waals surface area contributed by atoms with Crippen LogP contribution in [0.2, 0.25) is 0 Å². The number of nitrogens with zero attached hydrogens (tertiary/aromatic N) is 2. The van der Waals surface area contributed by atoms with Gasteiger partial charge in [0, 0.05) is 53.3 Å². The van der Waals surface area contributed by atoms with Crippen LogP contribution in [0.1, 0.15) is 64.4 Å². The molecule has 2 fully saturated rings. The number of phenols is 1. The van der Waals surface area contributed by atoms with Gasteiger partial charge in [-0.05, 0) is 61.7 Å². The molecule has 1 saturated heterocycles. The van der Waals surface area contributed by atoms with Crippen molar-refractivity contribution in [3.8, 4) is 18.6 Å². The van der Waals surface area contributed by atoms with Crippen molar-refractivity contribution in [1.29, 1.82) is 5.41 Å². The van der Waals surface area contributed by atoms with Crippen LogP contribution in [0.25, 0.3) is 0 Å². The largest absolute Gasteiger partial charge is 0.508 e. The maximum atomic E-state index is 12.8. The van der Waals surface area contributed by atoms with Gasteiger partial charge in [-0.1, -0.05) is 37.2 Å². The minimum atomic E-state index is -0.440. The predicted octanol–water partition coefficient (Wildman–Crippen LogP) is 6.28. The van der Waals surface area contributed by atoms with Gasteiger partial charge >= 0.3 is 5.97 Å². The van der Waals surface area contributed by atoms with Gasteiger partial charge in [0.05, 0.1) is 13.0 Å². The van der Waals surface area contributed by atoms with E-state index >= 15 is 0 Å². The highest BCUT2D eigenvalue weighted by Gasteiger charge is 2.24. The van der Waals surface area contributed by atoms with Gasteiger partial charge in [-0.25, -0.2) is 9.40 Å². The van der Waals surface area contributed by atoms with Gasteiger partial charge in [0.15, 0.2) is 0 Å². The number of nitrogens with one attached hydrogen (secondary N) is 1. The van der Waals surface area contributed by atoms with Gasteiger partial charge in [-0.2, -0.15) is 0 Å². The summed E-state index contributed by atoms with van der Waals surface area (Å²) in [4.78, 5) is 12.0. The summed E-state index contributed by atoms with van der Waals surface area (Å²) in [6, 6.07) is 10.6. The number of carbonyl (C=O) groups excluding carboxylic acids is 1. The molecule has 2 aromatic carbocycles. The van der Waals surface area contributed by atoms with Crippen molar-refractivity contribution in [3.63, 3.8) is 0 Å². The van der Waals surface area contributed by atoms with Gasteiger partial charge in [-0.3, -0.25) is 10.0 Å². The Morgan fingerprint density at radius 3 is 2.28 bits per heavy atom. The van der Waals surface area contributed by atoms with Gasteiger partial charge in [-0.15, -0.1) is 12.8 Å². The Morgan fingerprint density at radius 2 is 1.79 bits per heavy atom. The third-order valence-corrected chi connectivity index (χ3v) is 6.77. The molecule has 2 aliphatic rings. The molecule has 1 aliphatic carbocycles. The van der Waals surface area contributed by atoms with E-state index in [0.29, 0.717) is 18.1 Å². The smallest absolute Gasteiger partial charge is 0.306 e. The number of benzene rings is 2. The SMILES string of the molecule is C#C.C1CCC1.CCOC(=O)CCC(=N)c1ccc(F)cc1N.C[C@H]1CCN(N(O)Sc2ccc(O)cc2)C1. The summed E-state index contributed by atoms with van der Waals surface area (Å²) >= 11 is 1.26. The minimum absolute atomic E-state index is 0.128. The first-order valence-corrected chi connectivity index (χ1v) is 13.8. The number of hydrazine groups is 1. The molecule has 39 heavy (non-hydrogen) atoms. The first-order valence-electron chi connectivity index (χ1n) is 13.0. The van der Waals surface area contributed by atoms with E-state index in [1.807, 2.05) is 5.01 Å². The molecule has 0 amide bonds. The Bertz CT molecular complexity index is 1030. The zero-order chi connectivity index (χ0) is 29.2. The first kappa shape index (κ1) is 33.9. The second kappa shape index (κ2) is 19.0. The molecule has 214 valence electrons. The number of nitrogen functional groups attached to an aromatic ring is 1. The summed E-state index contributed by atoms with van der Waals surface area (Å²) in [6.07, 6.45) is 15.5. The van der Waals surface area contributed by atoms with Crippen molar-refractivity contribution >= 4 is 29.3 Å². The number of rotatable bonds is 8. The zero-order valence-corrected chi connectivity index (χ0v) is 23.6. The third-order valence-electron chi connectivity index (χ3n) is 5.89. The lowest BCUT2D eigenvalue weighted by molar-refractivity contribution is -0.147. The van der Waals surface area contributed by atoms with Crippen LogP contribution in [0, 0.1) is 30.0 Å². The van der Waals surface area contributed by atoms with Gasteiger partial charge in [0.25, 0.3) is 0 Å². The molecule has 2 aromatic rings. The number of esters is 1. The molecule has 10 heteroatoms. The fourth-order valence-corrected chi connectivity index (χ4v) is 4.09. The van der Waals surface area contributed by atoms with Crippen molar-refractivity contribution in [1.82, 2.24) is 9.59 Å². The van der Waals surface area contributed by atoms with Crippen molar-refractivity contribution in [3.05, 3.63) is 53.8 Å². The average Bonchev–Trinajstić information content (AvgIpc) is 3.31. The van der Waals surface area contributed by atoms with Gasteiger partial charge in [0.1, 0.15) is 11.6 Å². The monoisotopic (exact) mass is 560 g/mol. The van der Waals surface area contributed by atoms with Crippen LogP contribution in [0.4, 0.5) is 10.1 Å². The summed E-state index contributed by atoms with van der Waals surface area (Å²) in [5.74, 6) is 0.0843. The van der Waals surface area contributed by atoms with E-state index in [0.717, 1.165) is 30.5 Å². The molecule has 1 heterocycles. The minimum Gasteiger partial charge on any atom is -0.508 e. The van der Waals surface area contributed by atoms with Crippen LogP contribution < -0.4 is 5.73 Å². The standard InChI is InChI=1S/C12H15FN2O2.C11H16N2O2S.C4H8.C2H2/c1-2-17-12(16)6-5-10(14)9-4-3-8(13)7-11(9)15;1-9-6-7-12(8-9)13(15)16-11-4-2-10(14)3-5-11;1-2-4-3-1;1-2/h3-4,7,14H,2,5-6,15H2,1H3;2-5,9,14-15H,6-8H2,1H3;1-4H2;1-2H/t;9-;;/m.0../s1. The second-order valence-corrected chi connectivity index (χ2v) is 10.1. The van der Waals surface area contributed by atoms with E-state index in [2.05, 4.69) is 19.8 Å². The number of hydrogen-bond donors (Lipinski definition) is 4. The van der Waals surface area contributed by atoms with Crippen molar-refractivity contribution in [2.24, 2.45) is 5.92 Å². The quantitative estimate of drug-likeness (QED) is 0.0743. The van der Waals surface area contributed by atoms with Crippen molar-refractivity contribution in [2.75, 3.05) is 25.4 Å². The number of phenolic OH excluding ortho intramolecular Hbond substituents is 1. The molecule has 0 bridgehead atoms. The highest BCUT2D eigenvalue weighted by molar-refractivity contribution is 7.96. The second-order valence-electron chi connectivity index (χ2n) is 9.07. The topological polar surface area (TPSA) is 123 Å². The molecule has 5 N–H and O–H groups in total. The highest BCUT2D eigenvalue weighted by Crippen LogP contribution is 2.27. The van der Waals surface area contributed by atoms with E-state index in [4.69, 9.17) is 21.0 Å². The number of halogens is 1. The Morgan fingerprint density at radius 1 is 1.18 bits per heavy atom. The lowest BCUT2D eigenvalue weighted by atomic mass is 10.0. The van der Waals surface area contributed by atoms with Crippen molar-refractivity contribution < 1.29 is 24.2 Å². The molecule has 1 saturated carbocycles. The van der Waals surface area contributed by atoms with Crippen LogP contribution in [0.15, 0.2) is 47.4 Å². The number of aromatic hydroxyl groups is 1. The Hall–Kier alpha value is -3.10. The van der Waals surface area contributed by atoms with Crippen molar-refractivity contribution in [2.45, 2.75) is 63.7 Å². The van der Waals surface area contributed by atoms with E-state index in [1.165, 1.54) is 54.3 Å². The maximum Gasteiger partial charge on any atom is 0.306 e. The van der Waals surface area contributed by atoms with E-state index in [-0.39, 0.29) is 36.0 Å². The molecule has 4 rings (SSSR count). The summed E-state index contributed by atoms with van der Waals surface area (Å²) in [7, 11) is 0. The van der Waals surface area contributed by atoms with E-state index in [1.54, 1.807) is 31.2 Å². The van der Waals surface area contributed by atoms with Crippen LogP contribution in [-0.2, 0) is 9.53 Å². The van der Waals surface area contributed by atoms with Gasteiger partial charge in [0.2, 0.25) is 0 Å². The normalized spacial score (nSPS) is 15.8. The van der Waals surface area contributed by atoms with E-state index in [9.17, 15) is 14.4 Å². The third kappa shape index (κ3) is 13.5. The lowest BCUT2D eigenvalue weighted by Gasteiger charge is -2.23. The molecule has 0 aromatic heterocycles. The number of carbonyl (C=O) groups is 1. The number of nitrogens with two attached hydrogens (primary N) is 1.